The van der Waals surface area contributed by atoms with Crippen LogP contribution in [0.3, 0.4) is 0 Å². The van der Waals surface area contributed by atoms with Crippen LogP contribution in [0.1, 0.15) is 12.0 Å². The van der Waals surface area contributed by atoms with Crippen LogP contribution in [0.2, 0.25) is 5.02 Å². The summed E-state index contributed by atoms with van der Waals surface area (Å²) in [6.45, 7) is 1.47. The van der Waals surface area contributed by atoms with Gasteiger partial charge in [-0.2, -0.15) is 0 Å². The Kier molecular flexibility index (Phi) is 5.25. The molecular weight excluding hydrogens is 259 g/mol. The van der Waals surface area contributed by atoms with E-state index >= 15 is 0 Å². The molecule has 17 heavy (non-hydrogen) atoms. The van der Waals surface area contributed by atoms with Crippen molar-refractivity contribution in [2.45, 2.75) is 18.9 Å². The number of benzene rings is 1. The van der Waals surface area contributed by atoms with E-state index < -0.39 is 0 Å². The van der Waals surface area contributed by atoms with E-state index in [2.05, 4.69) is 0 Å². The Balaban J connectivity index is 0.00000144. The number of rotatable bonds is 2. The number of likely N-dealkylation sites (tertiary alicyclic amines) is 1. The Labute approximate surface area is 112 Å². The molecule has 1 fully saturated rings. The lowest BCUT2D eigenvalue weighted by molar-refractivity contribution is -0.129. The number of halogens is 2. The van der Waals surface area contributed by atoms with Crippen LogP contribution in [-0.2, 0) is 11.2 Å². The molecule has 0 spiro atoms. The van der Waals surface area contributed by atoms with Gasteiger partial charge in [-0.05, 0) is 24.1 Å². The Morgan fingerprint density at radius 3 is 2.59 bits per heavy atom. The minimum atomic E-state index is 0. The fraction of sp³-hybridized carbons (Fsp3) is 0.417. The molecule has 1 heterocycles. The Morgan fingerprint density at radius 1 is 1.41 bits per heavy atom. The van der Waals surface area contributed by atoms with E-state index in [1.165, 1.54) is 0 Å². The standard InChI is InChI=1S/C12H15ClN2O.ClH/c13-10-3-1-9(2-4-10)7-12(16)15-6-5-11(14)8-15;/h1-4,11H,5-8,14H2;1H/t11-;/m1./s1. The first-order valence-electron chi connectivity index (χ1n) is 5.43. The molecular formula is C12H16Cl2N2O. The minimum Gasteiger partial charge on any atom is -0.341 e. The molecule has 0 radical (unpaired) electrons. The third-order valence-corrected chi connectivity index (χ3v) is 3.10. The van der Waals surface area contributed by atoms with Crippen LogP contribution in [0.25, 0.3) is 0 Å². The molecule has 0 aliphatic carbocycles. The molecule has 1 atom stereocenters. The topological polar surface area (TPSA) is 46.3 Å². The van der Waals surface area contributed by atoms with E-state index in [4.69, 9.17) is 17.3 Å². The van der Waals surface area contributed by atoms with E-state index in [1.807, 2.05) is 17.0 Å². The summed E-state index contributed by atoms with van der Waals surface area (Å²) in [5.74, 6) is 0.148. The maximum Gasteiger partial charge on any atom is 0.227 e. The number of nitrogens with two attached hydrogens (primary N) is 1. The van der Waals surface area contributed by atoms with Gasteiger partial charge in [0.25, 0.3) is 0 Å². The molecule has 3 nitrogen and oxygen atoms in total. The smallest absolute Gasteiger partial charge is 0.227 e. The average molecular weight is 275 g/mol. The zero-order valence-electron chi connectivity index (χ0n) is 9.43. The maximum absolute atomic E-state index is 11.9. The molecule has 0 unspecified atom stereocenters. The van der Waals surface area contributed by atoms with Crippen molar-refractivity contribution in [3.8, 4) is 0 Å². The zero-order valence-corrected chi connectivity index (χ0v) is 11.0. The summed E-state index contributed by atoms with van der Waals surface area (Å²) >= 11 is 5.78. The van der Waals surface area contributed by atoms with Crippen molar-refractivity contribution in [3.05, 3.63) is 34.9 Å². The predicted octanol–water partition coefficient (Wildman–Crippen LogP) is 1.86. The van der Waals surface area contributed by atoms with Gasteiger partial charge >= 0.3 is 0 Å². The van der Waals surface area contributed by atoms with Crippen LogP contribution >= 0.6 is 24.0 Å². The molecule has 1 aromatic carbocycles. The van der Waals surface area contributed by atoms with Crippen LogP contribution in [0.15, 0.2) is 24.3 Å². The molecule has 1 saturated heterocycles. The van der Waals surface area contributed by atoms with Crippen molar-refractivity contribution in [1.82, 2.24) is 4.90 Å². The van der Waals surface area contributed by atoms with Crippen molar-refractivity contribution in [2.75, 3.05) is 13.1 Å². The van der Waals surface area contributed by atoms with Gasteiger partial charge in [-0.15, -0.1) is 12.4 Å². The molecule has 5 heteroatoms. The largest absolute Gasteiger partial charge is 0.341 e. The second kappa shape index (κ2) is 6.24. The van der Waals surface area contributed by atoms with Crippen LogP contribution in [-0.4, -0.2) is 29.9 Å². The summed E-state index contributed by atoms with van der Waals surface area (Å²) < 4.78 is 0. The number of carbonyl (C=O) groups excluding carboxylic acids is 1. The van der Waals surface area contributed by atoms with Crippen molar-refractivity contribution in [2.24, 2.45) is 5.73 Å². The number of carbonyl (C=O) groups is 1. The van der Waals surface area contributed by atoms with E-state index in [0.29, 0.717) is 18.0 Å². The lowest BCUT2D eigenvalue weighted by atomic mass is 10.1. The highest BCUT2D eigenvalue weighted by Gasteiger charge is 2.23. The molecule has 1 aliphatic heterocycles. The number of hydrogen-bond acceptors (Lipinski definition) is 2. The summed E-state index contributed by atoms with van der Waals surface area (Å²) in [5.41, 5.74) is 6.76. The van der Waals surface area contributed by atoms with Crippen LogP contribution in [0.4, 0.5) is 0 Å². The van der Waals surface area contributed by atoms with Crippen molar-refractivity contribution < 1.29 is 4.79 Å². The molecule has 1 amide bonds. The van der Waals surface area contributed by atoms with Crippen molar-refractivity contribution in [1.29, 1.82) is 0 Å². The van der Waals surface area contributed by atoms with Gasteiger partial charge < -0.3 is 10.6 Å². The van der Waals surface area contributed by atoms with Gasteiger partial charge in [-0.25, -0.2) is 0 Å². The third-order valence-electron chi connectivity index (χ3n) is 2.85. The van der Waals surface area contributed by atoms with Gasteiger partial charge in [0, 0.05) is 24.2 Å². The lowest BCUT2D eigenvalue weighted by Crippen LogP contribution is -2.32. The second-order valence-corrected chi connectivity index (χ2v) is 4.63. The first-order valence-corrected chi connectivity index (χ1v) is 5.81. The van der Waals surface area contributed by atoms with Crippen molar-refractivity contribution in [3.63, 3.8) is 0 Å². The molecule has 2 rings (SSSR count). The third kappa shape index (κ3) is 3.87. The number of amides is 1. The van der Waals surface area contributed by atoms with E-state index in [1.54, 1.807) is 12.1 Å². The van der Waals surface area contributed by atoms with Crippen LogP contribution < -0.4 is 5.73 Å². The lowest BCUT2D eigenvalue weighted by Gasteiger charge is -2.15. The SMILES string of the molecule is Cl.N[C@@H]1CCN(C(=O)Cc2ccc(Cl)cc2)C1. The Bertz CT molecular complexity index is 381. The highest BCUT2D eigenvalue weighted by atomic mass is 35.5. The van der Waals surface area contributed by atoms with E-state index in [9.17, 15) is 4.79 Å². The van der Waals surface area contributed by atoms with Gasteiger partial charge in [0.2, 0.25) is 5.91 Å². The summed E-state index contributed by atoms with van der Waals surface area (Å²) in [7, 11) is 0. The monoisotopic (exact) mass is 274 g/mol. The number of hydrogen-bond donors (Lipinski definition) is 1. The summed E-state index contributed by atoms with van der Waals surface area (Å²) in [4.78, 5) is 13.7. The zero-order chi connectivity index (χ0) is 11.5. The van der Waals surface area contributed by atoms with Crippen LogP contribution in [0.5, 0.6) is 0 Å². The minimum absolute atomic E-state index is 0. The maximum atomic E-state index is 11.9. The summed E-state index contributed by atoms with van der Waals surface area (Å²) in [5, 5.41) is 0.694. The van der Waals surface area contributed by atoms with Gasteiger partial charge in [-0.1, -0.05) is 23.7 Å². The molecule has 0 aromatic heterocycles. The second-order valence-electron chi connectivity index (χ2n) is 4.19. The highest BCUT2D eigenvalue weighted by Crippen LogP contribution is 2.13. The Morgan fingerprint density at radius 2 is 2.06 bits per heavy atom. The molecule has 94 valence electrons. The van der Waals surface area contributed by atoms with E-state index in [-0.39, 0.29) is 24.4 Å². The predicted molar refractivity (Wildman–Crippen MR) is 71.6 cm³/mol. The quantitative estimate of drug-likeness (QED) is 0.895. The van der Waals surface area contributed by atoms with Crippen molar-refractivity contribution >= 4 is 29.9 Å². The Hall–Kier alpha value is -0.770. The fourth-order valence-electron chi connectivity index (χ4n) is 1.90. The normalized spacial score (nSPS) is 18.9. The molecule has 1 aliphatic rings. The van der Waals surface area contributed by atoms with E-state index in [0.717, 1.165) is 18.5 Å². The van der Waals surface area contributed by atoms with Crippen LogP contribution in [0, 0.1) is 0 Å². The van der Waals surface area contributed by atoms with Gasteiger partial charge in [0.15, 0.2) is 0 Å². The highest BCUT2D eigenvalue weighted by molar-refractivity contribution is 6.30. The molecule has 0 bridgehead atoms. The first kappa shape index (κ1) is 14.3. The molecule has 1 aromatic rings. The number of nitrogens with zero attached hydrogens (tertiary/aromatic N) is 1. The van der Waals surface area contributed by atoms with Gasteiger partial charge in [0.1, 0.15) is 0 Å². The average Bonchev–Trinajstić information content (AvgIpc) is 2.68. The molecule has 2 N–H and O–H groups in total. The fourth-order valence-corrected chi connectivity index (χ4v) is 2.03. The summed E-state index contributed by atoms with van der Waals surface area (Å²) in [6.07, 6.45) is 1.34. The van der Waals surface area contributed by atoms with Gasteiger partial charge in [0.05, 0.1) is 6.42 Å². The summed E-state index contributed by atoms with van der Waals surface area (Å²) in [6, 6.07) is 7.53. The molecule has 0 saturated carbocycles. The van der Waals surface area contributed by atoms with Gasteiger partial charge in [-0.3, -0.25) is 4.79 Å². The first-order chi connectivity index (χ1) is 7.65.